The Bertz CT molecular complexity index is 692. The van der Waals surface area contributed by atoms with Crippen molar-refractivity contribution in [2.75, 3.05) is 14.2 Å². The lowest BCUT2D eigenvalue weighted by Gasteiger charge is -2.14. The highest BCUT2D eigenvalue weighted by Gasteiger charge is 2.30. The Hall–Kier alpha value is -1.71. The van der Waals surface area contributed by atoms with Crippen molar-refractivity contribution >= 4 is 12.2 Å². The van der Waals surface area contributed by atoms with Gasteiger partial charge in [0.2, 0.25) is 0 Å². The van der Waals surface area contributed by atoms with Gasteiger partial charge in [-0.05, 0) is 30.4 Å². The molecule has 0 fully saturated rings. The van der Waals surface area contributed by atoms with Crippen molar-refractivity contribution < 1.29 is 22.6 Å². The number of aromatic amines is 1. The van der Waals surface area contributed by atoms with Crippen LogP contribution in [0.1, 0.15) is 11.4 Å². The first-order valence-corrected chi connectivity index (χ1v) is 6.67. The molecular weight excluding hydrogens is 319 g/mol. The maximum absolute atomic E-state index is 12.8. The van der Waals surface area contributed by atoms with Gasteiger partial charge < -0.3 is 9.47 Å². The third kappa shape index (κ3) is 3.54. The van der Waals surface area contributed by atoms with Gasteiger partial charge in [-0.3, -0.25) is 9.67 Å². The zero-order valence-corrected chi connectivity index (χ0v) is 12.7. The zero-order chi connectivity index (χ0) is 16.3. The molecule has 1 N–H and O–H groups in total. The van der Waals surface area contributed by atoms with Crippen molar-refractivity contribution in [3.63, 3.8) is 0 Å². The average Bonchev–Trinajstić information content (AvgIpc) is 2.84. The molecule has 2 rings (SSSR count). The summed E-state index contributed by atoms with van der Waals surface area (Å²) in [5.74, 6) is 0.415. The van der Waals surface area contributed by atoms with Crippen LogP contribution in [0, 0.1) is 4.77 Å². The van der Waals surface area contributed by atoms with E-state index in [1.165, 1.54) is 30.9 Å². The molecule has 0 atom stereocenters. The molecule has 2 aromatic rings. The van der Waals surface area contributed by atoms with Crippen LogP contribution in [0.15, 0.2) is 24.3 Å². The second-order valence-corrected chi connectivity index (χ2v) is 4.82. The molecule has 0 bridgehead atoms. The number of halogens is 3. The summed E-state index contributed by atoms with van der Waals surface area (Å²) in [6.45, 7) is 0. The number of benzene rings is 1. The van der Waals surface area contributed by atoms with E-state index in [4.69, 9.17) is 21.7 Å². The molecule has 0 unspecified atom stereocenters. The normalized spacial score (nSPS) is 12.1. The van der Waals surface area contributed by atoms with Gasteiger partial charge in [0.25, 0.3) is 0 Å². The van der Waals surface area contributed by atoms with Crippen LogP contribution in [0.3, 0.4) is 0 Å². The third-order valence-corrected chi connectivity index (χ3v) is 3.32. The predicted octanol–water partition coefficient (Wildman–Crippen LogP) is 3.11. The molecule has 120 valence electrons. The number of alkyl halides is 3. The van der Waals surface area contributed by atoms with E-state index < -0.39 is 18.0 Å². The first kappa shape index (κ1) is 16.7. The summed E-state index contributed by atoms with van der Waals surface area (Å²) in [5, 5.41) is 6.60. The minimum absolute atomic E-state index is 0.195. The van der Waals surface area contributed by atoms with Gasteiger partial charge in [-0.1, -0.05) is 6.07 Å². The summed E-state index contributed by atoms with van der Waals surface area (Å²) in [6.07, 6.45) is -4.77. The van der Waals surface area contributed by atoms with Crippen LogP contribution < -0.4 is 0 Å². The second kappa shape index (κ2) is 6.59. The standard InChI is InChI=1S/C13H14F3N3O2S/c1-20-11(21-2)7-10-17-18-12(22)19(10)9-5-3-4-8(6-9)13(14,15)16/h3-6,11H,7H2,1-2H3,(H,18,22). The Kier molecular flexibility index (Phi) is 4.99. The van der Waals surface area contributed by atoms with Crippen LogP contribution in [-0.4, -0.2) is 35.3 Å². The largest absolute Gasteiger partial charge is 0.416 e. The fraction of sp³-hybridized carbons (Fsp3) is 0.385. The molecule has 0 aliphatic heterocycles. The SMILES string of the molecule is COC(Cc1n[nH]c(=S)n1-c1cccc(C(F)(F)F)c1)OC. The summed E-state index contributed by atoms with van der Waals surface area (Å²) in [6, 6.07) is 4.86. The van der Waals surface area contributed by atoms with Crippen molar-refractivity contribution in [1.29, 1.82) is 0 Å². The topological polar surface area (TPSA) is 52.1 Å². The number of ether oxygens (including phenoxy) is 2. The third-order valence-electron chi connectivity index (χ3n) is 3.05. The van der Waals surface area contributed by atoms with Crippen molar-refractivity contribution in [3.05, 3.63) is 40.4 Å². The Morgan fingerprint density at radius 3 is 2.59 bits per heavy atom. The summed E-state index contributed by atoms with van der Waals surface area (Å²) in [4.78, 5) is 0. The quantitative estimate of drug-likeness (QED) is 0.675. The fourth-order valence-electron chi connectivity index (χ4n) is 1.97. The minimum Gasteiger partial charge on any atom is -0.355 e. The highest BCUT2D eigenvalue weighted by molar-refractivity contribution is 7.71. The maximum atomic E-state index is 12.8. The molecule has 0 aliphatic rings. The molecule has 9 heteroatoms. The van der Waals surface area contributed by atoms with E-state index in [0.29, 0.717) is 5.82 Å². The smallest absolute Gasteiger partial charge is 0.355 e. The van der Waals surface area contributed by atoms with Gasteiger partial charge in [0, 0.05) is 14.2 Å². The summed E-state index contributed by atoms with van der Waals surface area (Å²) in [5.41, 5.74) is -0.483. The molecule has 0 saturated carbocycles. The first-order chi connectivity index (χ1) is 10.4. The summed E-state index contributed by atoms with van der Waals surface area (Å²) < 4.78 is 50.3. The van der Waals surface area contributed by atoms with Crippen LogP contribution >= 0.6 is 12.2 Å². The van der Waals surface area contributed by atoms with E-state index in [2.05, 4.69) is 10.2 Å². The molecule has 0 radical (unpaired) electrons. The highest BCUT2D eigenvalue weighted by Crippen LogP contribution is 2.30. The summed E-state index contributed by atoms with van der Waals surface area (Å²) >= 11 is 5.10. The molecule has 0 amide bonds. The van der Waals surface area contributed by atoms with E-state index in [1.54, 1.807) is 0 Å². The minimum atomic E-state index is -4.43. The van der Waals surface area contributed by atoms with E-state index >= 15 is 0 Å². The van der Waals surface area contributed by atoms with Crippen molar-refractivity contribution in [3.8, 4) is 5.69 Å². The van der Waals surface area contributed by atoms with Crippen LogP contribution in [0.5, 0.6) is 0 Å². The number of hydrogen-bond donors (Lipinski definition) is 1. The van der Waals surface area contributed by atoms with Crippen molar-refractivity contribution in [2.45, 2.75) is 18.9 Å². The van der Waals surface area contributed by atoms with E-state index in [-0.39, 0.29) is 16.9 Å². The number of aromatic nitrogens is 3. The van der Waals surface area contributed by atoms with Gasteiger partial charge in [0.05, 0.1) is 17.7 Å². The Morgan fingerprint density at radius 1 is 1.32 bits per heavy atom. The molecule has 22 heavy (non-hydrogen) atoms. The molecule has 1 heterocycles. The molecular formula is C13H14F3N3O2S. The number of methoxy groups -OCH3 is 2. The van der Waals surface area contributed by atoms with Crippen LogP contribution in [0.2, 0.25) is 0 Å². The average molecular weight is 333 g/mol. The van der Waals surface area contributed by atoms with Crippen LogP contribution in [-0.2, 0) is 22.1 Å². The van der Waals surface area contributed by atoms with Crippen LogP contribution in [0.4, 0.5) is 13.2 Å². The molecule has 1 aromatic heterocycles. The first-order valence-electron chi connectivity index (χ1n) is 6.26. The second-order valence-electron chi connectivity index (χ2n) is 4.43. The molecule has 0 aliphatic carbocycles. The highest BCUT2D eigenvalue weighted by atomic mass is 32.1. The van der Waals surface area contributed by atoms with Crippen LogP contribution in [0.25, 0.3) is 5.69 Å². The van der Waals surface area contributed by atoms with Gasteiger partial charge >= 0.3 is 6.18 Å². The maximum Gasteiger partial charge on any atom is 0.416 e. The number of nitrogens with zero attached hydrogens (tertiary/aromatic N) is 2. The van der Waals surface area contributed by atoms with E-state index in [1.807, 2.05) is 0 Å². The van der Waals surface area contributed by atoms with Gasteiger partial charge in [0.1, 0.15) is 5.82 Å². The monoisotopic (exact) mass is 333 g/mol. The van der Waals surface area contributed by atoms with Gasteiger partial charge in [0.15, 0.2) is 11.1 Å². The predicted molar refractivity (Wildman–Crippen MR) is 75.3 cm³/mol. The Morgan fingerprint density at radius 2 is 2.00 bits per heavy atom. The lowest BCUT2D eigenvalue weighted by atomic mass is 10.2. The molecule has 0 saturated heterocycles. The Labute approximate surface area is 129 Å². The number of hydrogen-bond acceptors (Lipinski definition) is 4. The number of rotatable bonds is 5. The zero-order valence-electron chi connectivity index (χ0n) is 11.8. The summed E-state index contributed by atoms with van der Waals surface area (Å²) in [7, 11) is 2.92. The fourth-order valence-corrected chi connectivity index (χ4v) is 2.22. The van der Waals surface area contributed by atoms with Gasteiger partial charge in [-0.25, -0.2) is 0 Å². The van der Waals surface area contributed by atoms with Crippen molar-refractivity contribution in [1.82, 2.24) is 14.8 Å². The molecule has 1 aromatic carbocycles. The van der Waals surface area contributed by atoms with Gasteiger partial charge in [-0.15, -0.1) is 0 Å². The van der Waals surface area contributed by atoms with Crippen molar-refractivity contribution in [2.24, 2.45) is 0 Å². The molecule has 0 spiro atoms. The van der Waals surface area contributed by atoms with E-state index in [0.717, 1.165) is 12.1 Å². The lowest BCUT2D eigenvalue weighted by molar-refractivity contribution is -0.137. The van der Waals surface area contributed by atoms with E-state index in [9.17, 15) is 13.2 Å². The Balaban J connectivity index is 2.45. The van der Waals surface area contributed by atoms with Gasteiger partial charge in [-0.2, -0.15) is 18.3 Å². The molecule has 5 nitrogen and oxygen atoms in total. The lowest BCUT2D eigenvalue weighted by Crippen LogP contribution is -2.19. The number of H-pyrrole nitrogens is 1. The number of nitrogens with one attached hydrogen (secondary N) is 1.